The summed E-state index contributed by atoms with van der Waals surface area (Å²) in [6, 6.07) is 5.86. The van der Waals surface area contributed by atoms with E-state index in [9.17, 15) is 5.11 Å². The van der Waals surface area contributed by atoms with Gasteiger partial charge in [0.2, 0.25) is 0 Å². The van der Waals surface area contributed by atoms with Gasteiger partial charge in [-0.3, -0.25) is 0 Å². The molecule has 1 atom stereocenters. The number of aliphatic hydroxyl groups excluding tert-OH is 1. The van der Waals surface area contributed by atoms with Gasteiger partial charge in [0.25, 0.3) is 0 Å². The highest BCUT2D eigenvalue weighted by molar-refractivity contribution is 5.42. The molecule has 0 saturated heterocycles. The van der Waals surface area contributed by atoms with Gasteiger partial charge in [-0.2, -0.15) is 0 Å². The fourth-order valence-corrected chi connectivity index (χ4v) is 1.88. The molecule has 0 fully saturated rings. The van der Waals surface area contributed by atoms with Crippen molar-refractivity contribution in [1.82, 2.24) is 5.32 Å². The normalized spacial score (nSPS) is 12.0. The molecule has 0 aromatic heterocycles. The number of hydrogen-bond donors (Lipinski definition) is 2. The minimum absolute atomic E-state index is 0.315. The van der Waals surface area contributed by atoms with Crippen LogP contribution in [0.25, 0.3) is 0 Å². The van der Waals surface area contributed by atoms with Gasteiger partial charge in [0.15, 0.2) is 11.5 Å². The van der Waals surface area contributed by atoms with Crippen LogP contribution >= 0.6 is 0 Å². The Morgan fingerprint density at radius 3 is 2.71 bits per heavy atom. The molecule has 2 N–H and O–H groups in total. The Morgan fingerprint density at radius 2 is 2.05 bits per heavy atom. The van der Waals surface area contributed by atoms with Gasteiger partial charge in [0.05, 0.1) is 33.5 Å². The summed E-state index contributed by atoms with van der Waals surface area (Å²) in [6.07, 6.45) is 2.01. The average Bonchev–Trinajstić information content (AvgIpc) is 2.51. The van der Waals surface area contributed by atoms with Gasteiger partial charge in [0, 0.05) is 6.54 Å². The molecule has 0 aliphatic carbocycles. The van der Waals surface area contributed by atoms with Crippen LogP contribution < -0.4 is 14.8 Å². The molecule has 1 aromatic carbocycles. The molecular weight excluding hydrogens is 270 g/mol. The van der Waals surface area contributed by atoms with Gasteiger partial charge in [-0.25, -0.2) is 0 Å². The van der Waals surface area contributed by atoms with Gasteiger partial charge < -0.3 is 24.6 Å². The Kier molecular flexibility index (Phi) is 8.50. The van der Waals surface area contributed by atoms with Crippen LogP contribution in [-0.2, 0) is 11.2 Å². The predicted octanol–water partition coefficient (Wildman–Crippen LogP) is 1.40. The molecule has 0 aliphatic rings. The second-order valence-electron chi connectivity index (χ2n) is 4.62. The first kappa shape index (κ1) is 17.5. The SMILES string of the molecule is C=CCOCC(O)CNCCc1ccc(OC)c(OC)c1. The molecule has 21 heavy (non-hydrogen) atoms. The fraction of sp³-hybridized carbons (Fsp3) is 0.500. The number of methoxy groups -OCH3 is 2. The van der Waals surface area contributed by atoms with Crippen molar-refractivity contribution < 1.29 is 19.3 Å². The number of nitrogens with one attached hydrogen (secondary N) is 1. The highest BCUT2D eigenvalue weighted by Gasteiger charge is 2.05. The lowest BCUT2D eigenvalue weighted by Gasteiger charge is -2.12. The van der Waals surface area contributed by atoms with Crippen LogP contribution in [0.4, 0.5) is 0 Å². The molecule has 0 amide bonds. The maximum Gasteiger partial charge on any atom is 0.160 e. The molecule has 0 radical (unpaired) electrons. The Bertz CT molecular complexity index is 423. The van der Waals surface area contributed by atoms with Gasteiger partial charge in [-0.15, -0.1) is 6.58 Å². The molecule has 0 aliphatic heterocycles. The molecule has 0 bridgehead atoms. The van der Waals surface area contributed by atoms with E-state index < -0.39 is 6.10 Å². The number of ether oxygens (including phenoxy) is 3. The summed E-state index contributed by atoms with van der Waals surface area (Å²) in [6.45, 7) is 5.60. The van der Waals surface area contributed by atoms with Gasteiger partial charge in [0.1, 0.15) is 0 Å². The Labute approximate surface area is 126 Å². The number of hydrogen-bond acceptors (Lipinski definition) is 5. The Hall–Kier alpha value is -1.56. The zero-order chi connectivity index (χ0) is 15.5. The zero-order valence-electron chi connectivity index (χ0n) is 12.8. The maximum absolute atomic E-state index is 9.67. The Balaban J connectivity index is 2.27. The summed E-state index contributed by atoms with van der Waals surface area (Å²) < 4.78 is 15.6. The molecule has 0 saturated carbocycles. The standard InChI is InChI=1S/C16H25NO4/c1-4-9-21-12-14(18)11-17-8-7-13-5-6-15(19-2)16(10-13)20-3/h4-6,10,14,17-18H,1,7-9,11-12H2,2-3H3. The van der Waals surface area contributed by atoms with Crippen molar-refractivity contribution in [2.24, 2.45) is 0 Å². The second-order valence-corrected chi connectivity index (χ2v) is 4.62. The van der Waals surface area contributed by atoms with Crippen LogP contribution in [0.2, 0.25) is 0 Å². The van der Waals surface area contributed by atoms with E-state index in [1.807, 2.05) is 18.2 Å². The van der Waals surface area contributed by atoms with E-state index in [4.69, 9.17) is 14.2 Å². The lowest BCUT2D eigenvalue weighted by molar-refractivity contribution is 0.0496. The first-order valence-electron chi connectivity index (χ1n) is 6.99. The number of benzene rings is 1. The van der Waals surface area contributed by atoms with Crippen LogP contribution in [0, 0.1) is 0 Å². The maximum atomic E-state index is 9.67. The van der Waals surface area contributed by atoms with Crippen molar-refractivity contribution in [3.8, 4) is 11.5 Å². The van der Waals surface area contributed by atoms with Crippen LogP contribution in [0.15, 0.2) is 30.9 Å². The molecule has 1 rings (SSSR count). The third kappa shape index (κ3) is 6.62. The van der Waals surface area contributed by atoms with E-state index >= 15 is 0 Å². The molecular formula is C16H25NO4. The van der Waals surface area contributed by atoms with Crippen LogP contribution in [0.1, 0.15) is 5.56 Å². The molecule has 1 aromatic rings. The Morgan fingerprint density at radius 1 is 1.29 bits per heavy atom. The monoisotopic (exact) mass is 295 g/mol. The van der Waals surface area contributed by atoms with Crippen molar-refractivity contribution >= 4 is 0 Å². The largest absolute Gasteiger partial charge is 0.493 e. The summed E-state index contributed by atoms with van der Waals surface area (Å²) in [5, 5.41) is 12.9. The average molecular weight is 295 g/mol. The van der Waals surface area contributed by atoms with Gasteiger partial charge >= 0.3 is 0 Å². The fourth-order valence-electron chi connectivity index (χ4n) is 1.88. The minimum Gasteiger partial charge on any atom is -0.493 e. The molecule has 5 heteroatoms. The van der Waals surface area contributed by atoms with Crippen molar-refractivity contribution in [3.05, 3.63) is 36.4 Å². The first-order valence-corrected chi connectivity index (χ1v) is 6.99. The number of aliphatic hydroxyl groups is 1. The lowest BCUT2D eigenvalue weighted by Crippen LogP contribution is -2.31. The van der Waals surface area contributed by atoms with Crippen molar-refractivity contribution in [3.63, 3.8) is 0 Å². The van der Waals surface area contributed by atoms with E-state index in [2.05, 4.69) is 11.9 Å². The highest BCUT2D eigenvalue weighted by Crippen LogP contribution is 2.27. The predicted molar refractivity (Wildman–Crippen MR) is 83.1 cm³/mol. The smallest absolute Gasteiger partial charge is 0.160 e. The summed E-state index contributed by atoms with van der Waals surface area (Å²) in [5.41, 5.74) is 1.15. The van der Waals surface area contributed by atoms with Crippen LogP contribution in [0.3, 0.4) is 0 Å². The molecule has 118 valence electrons. The first-order chi connectivity index (χ1) is 10.2. The van der Waals surface area contributed by atoms with E-state index in [1.165, 1.54) is 0 Å². The number of rotatable bonds is 11. The molecule has 5 nitrogen and oxygen atoms in total. The molecule has 1 unspecified atom stereocenters. The van der Waals surface area contributed by atoms with E-state index in [0.717, 1.165) is 30.0 Å². The van der Waals surface area contributed by atoms with Gasteiger partial charge in [-0.05, 0) is 30.7 Å². The van der Waals surface area contributed by atoms with E-state index in [-0.39, 0.29) is 0 Å². The highest BCUT2D eigenvalue weighted by atomic mass is 16.5. The van der Waals surface area contributed by atoms with Gasteiger partial charge in [-0.1, -0.05) is 12.1 Å². The molecule has 0 heterocycles. The van der Waals surface area contributed by atoms with Crippen molar-refractivity contribution in [2.75, 3.05) is 40.5 Å². The second kappa shape index (κ2) is 10.2. The van der Waals surface area contributed by atoms with Crippen molar-refractivity contribution in [2.45, 2.75) is 12.5 Å². The summed E-state index contributed by atoms with van der Waals surface area (Å²) in [5.74, 6) is 1.46. The van der Waals surface area contributed by atoms with Crippen LogP contribution in [-0.4, -0.2) is 51.7 Å². The topological polar surface area (TPSA) is 60.0 Å². The zero-order valence-corrected chi connectivity index (χ0v) is 12.8. The minimum atomic E-state index is -0.504. The summed E-state index contributed by atoms with van der Waals surface area (Å²) >= 11 is 0. The third-order valence-corrected chi connectivity index (χ3v) is 2.96. The van der Waals surface area contributed by atoms with E-state index in [0.29, 0.717) is 19.8 Å². The summed E-state index contributed by atoms with van der Waals surface area (Å²) in [4.78, 5) is 0. The third-order valence-electron chi connectivity index (χ3n) is 2.96. The van der Waals surface area contributed by atoms with Crippen molar-refractivity contribution in [1.29, 1.82) is 0 Å². The van der Waals surface area contributed by atoms with E-state index in [1.54, 1.807) is 20.3 Å². The molecule has 0 spiro atoms. The quantitative estimate of drug-likeness (QED) is 0.477. The lowest BCUT2D eigenvalue weighted by atomic mass is 10.1. The van der Waals surface area contributed by atoms with Crippen LogP contribution in [0.5, 0.6) is 11.5 Å². The summed E-state index contributed by atoms with van der Waals surface area (Å²) in [7, 11) is 3.24.